The van der Waals surface area contributed by atoms with Crippen LogP contribution in [0.4, 0.5) is 0 Å². The molecule has 0 radical (unpaired) electrons. The minimum absolute atomic E-state index is 0.233. The highest BCUT2D eigenvalue weighted by Gasteiger charge is 2.34. The second-order valence-corrected chi connectivity index (χ2v) is 5.31. The summed E-state index contributed by atoms with van der Waals surface area (Å²) in [5.74, 6) is 0.929. The van der Waals surface area contributed by atoms with Gasteiger partial charge in [0.15, 0.2) is 0 Å². The third-order valence-electron chi connectivity index (χ3n) is 3.57. The van der Waals surface area contributed by atoms with Crippen LogP contribution in [0.15, 0.2) is 36.4 Å². The second kappa shape index (κ2) is 4.87. The number of hydrogen-bond donors (Lipinski definition) is 0. The van der Waals surface area contributed by atoms with Crippen LogP contribution < -0.4 is 0 Å². The molecule has 0 spiro atoms. The van der Waals surface area contributed by atoms with Gasteiger partial charge < -0.3 is 0 Å². The Labute approximate surface area is 116 Å². The zero-order valence-electron chi connectivity index (χ0n) is 9.68. The summed E-state index contributed by atoms with van der Waals surface area (Å²) in [6.07, 6.45) is 2.32. The van der Waals surface area contributed by atoms with Gasteiger partial charge in [0, 0.05) is 5.92 Å². The first-order chi connectivity index (χ1) is 8.74. The van der Waals surface area contributed by atoms with Crippen molar-refractivity contribution in [3.8, 4) is 0 Å². The Morgan fingerprint density at radius 2 is 1.67 bits per heavy atom. The van der Waals surface area contributed by atoms with Crippen LogP contribution in [0.3, 0.4) is 0 Å². The zero-order chi connectivity index (χ0) is 12.5. The van der Waals surface area contributed by atoms with Gasteiger partial charge in [-0.25, -0.2) is 9.97 Å². The van der Waals surface area contributed by atoms with E-state index in [0.29, 0.717) is 17.0 Å². The SMILES string of the molecule is Clc1cc([C@H]2CCC2c2ccccc2)nc(Cl)n1. The monoisotopic (exact) mass is 278 g/mol. The molecular weight excluding hydrogens is 267 g/mol. The smallest absolute Gasteiger partial charge is 0.223 e. The van der Waals surface area contributed by atoms with Crippen LogP contribution in [-0.4, -0.2) is 9.97 Å². The van der Waals surface area contributed by atoms with E-state index in [1.54, 1.807) is 0 Å². The lowest BCUT2D eigenvalue weighted by Gasteiger charge is -2.36. The van der Waals surface area contributed by atoms with Gasteiger partial charge in [0.25, 0.3) is 0 Å². The largest absolute Gasteiger partial charge is 0.224 e. The molecule has 1 fully saturated rings. The van der Waals surface area contributed by atoms with Crippen LogP contribution in [0.25, 0.3) is 0 Å². The van der Waals surface area contributed by atoms with E-state index in [9.17, 15) is 0 Å². The van der Waals surface area contributed by atoms with Gasteiger partial charge in [-0.2, -0.15) is 0 Å². The number of hydrogen-bond acceptors (Lipinski definition) is 2. The molecule has 92 valence electrons. The Morgan fingerprint density at radius 3 is 2.28 bits per heavy atom. The van der Waals surface area contributed by atoms with Crippen LogP contribution in [0.1, 0.15) is 35.9 Å². The Balaban J connectivity index is 1.89. The molecule has 1 heterocycles. The summed E-state index contributed by atoms with van der Waals surface area (Å²) >= 11 is 11.8. The van der Waals surface area contributed by atoms with Crippen LogP contribution in [0.5, 0.6) is 0 Å². The molecule has 0 aliphatic heterocycles. The highest BCUT2D eigenvalue weighted by molar-refractivity contribution is 6.31. The predicted molar refractivity (Wildman–Crippen MR) is 73.2 cm³/mol. The maximum Gasteiger partial charge on any atom is 0.224 e. The standard InChI is InChI=1S/C14H12Cl2N2/c15-13-8-12(17-14(16)18-13)11-7-6-10(11)9-4-2-1-3-5-9/h1-5,8,10-11H,6-7H2/t10?,11-/m0/s1. The van der Waals surface area contributed by atoms with Crippen LogP contribution in [-0.2, 0) is 0 Å². The molecule has 1 aliphatic rings. The molecule has 2 nitrogen and oxygen atoms in total. The molecule has 3 rings (SSSR count). The number of benzene rings is 1. The highest BCUT2D eigenvalue weighted by Crippen LogP contribution is 2.48. The fraction of sp³-hybridized carbons (Fsp3) is 0.286. The molecule has 1 aromatic carbocycles. The van der Waals surface area contributed by atoms with Crippen LogP contribution in [0.2, 0.25) is 10.4 Å². The van der Waals surface area contributed by atoms with Gasteiger partial charge in [0.2, 0.25) is 5.28 Å². The first kappa shape index (κ1) is 11.9. The first-order valence-electron chi connectivity index (χ1n) is 5.99. The van der Waals surface area contributed by atoms with E-state index in [-0.39, 0.29) is 5.28 Å². The quantitative estimate of drug-likeness (QED) is 0.599. The summed E-state index contributed by atoms with van der Waals surface area (Å²) in [5, 5.41) is 0.653. The van der Waals surface area contributed by atoms with E-state index >= 15 is 0 Å². The molecule has 1 aromatic heterocycles. The van der Waals surface area contributed by atoms with Crippen molar-refractivity contribution in [2.24, 2.45) is 0 Å². The molecule has 0 bridgehead atoms. The van der Waals surface area contributed by atoms with Crippen LogP contribution in [0, 0.1) is 0 Å². The van der Waals surface area contributed by atoms with Crippen molar-refractivity contribution in [2.75, 3.05) is 0 Å². The third-order valence-corrected chi connectivity index (χ3v) is 3.93. The number of rotatable bonds is 2. The number of halogens is 2. The highest BCUT2D eigenvalue weighted by atomic mass is 35.5. The van der Waals surface area contributed by atoms with Gasteiger partial charge >= 0.3 is 0 Å². The van der Waals surface area contributed by atoms with Gasteiger partial charge in [0.1, 0.15) is 5.15 Å². The minimum atomic E-state index is 0.233. The summed E-state index contributed by atoms with van der Waals surface area (Å²) in [7, 11) is 0. The minimum Gasteiger partial charge on any atom is -0.223 e. The molecule has 18 heavy (non-hydrogen) atoms. The summed E-state index contributed by atoms with van der Waals surface area (Å²) < 4.78 is 0. The van der Waals surface area contributed by atoms with Crippen molar-refractivity contribution in [2.45, 2.75) is 24.7 Å². The normalized spacial score (nSPS) is 22.6. The van der Waals surface area contributed by atoms with Crippen molar-refractivity contribution in [3.05, 3.63) is 58.1 Å². The molecule has 0 N–H and O–H groups in total. The Morgan fingerprint density at radius 1 is 0.944 bits per heavy atom. The first-order valence-corrected chi connectivity index (χ1v) is 6.74. The molecule has 1 aliphatic carbocycles. The Kier molecular flexibility index (Phi) is 3.23. The lowest BCUT2D eigenvalue weighted by Crippen LogP contribution is -2.23. The number of aromatic nitrogens is 2. The fourth-order valence-electron chi connectivity index (χ4n) is 2.55. The fourth-order valence-corrected chi connectivity index (χ4v) is 2.97. The van der Waals surface area contributed by atoms with Crippen molar-refractivity contribution >= 4 is 23.2 Å². The van der Waals surface area contributed by atoms with E-state index in [4.69, 9.17) is 23.2 Å². The van der Waals surface area contributed by atoms with Gasteiger partial charge in [-0.1, -0.05) is 41.9 Å². The topological polar surface area (TPSA) is 25.8 Å². The van der Waals surface area contributed by atoms with Crippen molar-refractivity contribution < 1.29 is 0 Å². The molecule has 2 aromatic rings. The van der Waals surface area contributed by atoms with Crippen LogP contribution >= 0.6 is 23.2 Å². The molecule has 0 saturated heterocycles. The maximum absolute atomic E-state index is 5.93. The van der Waals surface area contributed by atoms with Crippen molar-refractivity contribution in [3.63, 3.8) is 0 Å². The summed E-state index contributed by atoms with van der Waals surface area (Å²) in [4.78, 5) is 8.19. The molecule has 1 unspecified atom stereocenters. The van der Waals surface area contributed by atoms with E-state index in [1.165, 1.54) is 12.0 Å². The average Bonchev–Trinajstić information content (AvgIpc) is 2.27. The molecule has 1 saturated carbocycles. The molecule has 4 heteroatoms. The van der Waals surface area contributed by atoms with Gasteiger partial charge in [-0.3, -0.25) is 0 Å². The molecule has 2 atom stereocenters. The Bertz CT molecular complexity index is 537. The number of nitrogens with zero attached hydrogens (tertiary/aromatic N) is 2. The predicted octanol–water partition coefficient (Wildman–Crippen LogP) is 4.44. The van der Waals surface area contributed by atoms with Gasteiger partial charge in [-0.05, 0) is 42.0 Å². The van der Waals surface area contributed by atoms with E-state index in [0.717, 1.165) is 12.1 Å². The second-order valence-electron chi connectivity index (χ2n) is 4.59. The van der Waals surface area contributed by atoms with Gasteiger partial charge in [0.05, 0.1) is 5.69 Å². The van der Waals surface area contributed by atoms with Crippen molar-refractivity contribution in [1.82, 2.24) is 9.97 Å². The summed E-state index contributed by atoms with van der Waals surface area (Å²) in [6.45, 7) is 0. The average molecular weight is 279 g/mol. The van der Waals surface area contributed by atoms with E-state index < -0.39 is 0 Å². The molecule has 0 amide bonds. The maximum atomic E-state index is 5.93. The third kappa shape index (κ3) is 2.23. The summed E-state index contributed by atoms with van der Waals surface area (Å²) in [6, 6.07) is 12.3. The van der Waals surface area contributed by atoms with Crippen molar-refractivity contribution in [1.29, 1.82) is 0 Å². The lowest BCUT2D eigenvalue weighted by atomic mass is 9.68. The van der Waals surface area contributed by atoms with E-state index in [1.807, 2.05) is 12.1 Å². The summed E-state index contributed by atoms with van der Waals surface area (Å²) in [5.41, 5.74) is 2.32. The zero-order valence-corrected chi connectivity index (χ0v) is 11.2. The van der Waals surface area contributed by atoms with E-state index in [2.05, 4.69) is 34.2 Å². The molecular formula is C14H12Cl2N2. The Hall–Kier alpha value is -1.12. The van der Waals surface area contributed by atoms with Gasteiger partial charge in [-0.15, -0.1) is 0 Å². The lowest BCUT2D eigenvalue weighted by molar-refractivity contribution is 0.339.